The third-order valence-electron chi connectivity index (χ3n) is 3.40. The average molecular weight is 269 g/mol. The van der Waals surface area contributed by atoms with E-state index in [0.717, 1.165) is 25.8 Å². The molecule has 0 aromatic heterocycles. The fourth-order valence-electron chi connectivity index (χ4n) is 2.43. The Bertz CT molecular complexity index is 420. The highest BCUT2D eigenvalue weighted by atomic mass is 35.5. The van der Waals surface area contributed by atoms with Crippen LogP contribution in [0.15, 0.2) is 18.2 Å². The molecule has 0 saturated heterocycles. The fraction of sp³-hybridized carbons (Fsp3) is 0.500. The molecule has 100 valence electrons. The van der Waals surface area contributed by atoms with Gasteiger partial charge in [-0.1, -0.05) is 13.0 Å². The predicted octanol–water partition coefficient (Wildman–Crippen LogP) is 2.06. The van der Waals surface area contributed by atoms with E-state index >= 15 is 0 Å². The summed E-state index contributed by atoms with van der Waals surface area (Å²) in [7, 11) is 0. The maximum Gasteiger partial charge on any atom is 0.248 e. The van der Waals surface area contributed by atoms with E-state index in [9.17, 15) is 4.79 Å². The Morgan fingerprint density at radius 2 is 2.22 bits per heavy atom. The number of hydrogen-bond donors (Lipinski definition) is 2. The van der Waals surface area contributed by atoms with Crippen LogP contribution in [-0.4, -0.2) is 18.5 Å². The highest BCUT2D eigenvalue weighted by Gasteiger charge is 2.18. The Kier molecular flexibility index (Phi) is 5.63. The number of rotatable bonds is 4. The Balaban J connectivity index is 0.00000162. The Morgan fingerprint density at radius 1 is 1.44 bits per heavy atom. The van der Waals surface area contributed by atoms with Crippen molar-refractivity contribution in [3.63, 3.8) is 0 Å². The number of nitrogens with two attached hydrogens (primary N) is 1. The fourth-order valence-corrected chi connectivity index (χ4v) is 2.43. The van der Waals surface area contributed by atoms with Crippen molar-refractivity contribution >= 4 is 18.3 Å². The van der Waals surface area contributed by atoms with Gasteiger partial charge in [-0.25, -0.2) is 0 Å². The first-order valence-electron chi connectivity index (χ1n) is 6.35. The van der Waals surface area contributed by atoms with Crippen molar-refractivity contribution in [1.29, 1.82) is 0 Å². The quantitative estimate of drug-likeness (QED) is 0.878. The number of carbonyl (C=O) groups is 1. The molecule has 1 unspecified atom stereocenters. The van der Waals surface area contributed by atoms with E-state index in [2.05, 4.69) is 12.2 Å². The van der Waals surface area contributed by atoms with Crippen molar-refractivity contribution in [2.45, 2.75) is 38.6 Å². The zero-order valence-corrected chi connectivity index (χ0v) is 11.6. The Hall–Kier alpha value is -1.06. The molecule has 0 bridgehead atoms. The molecule has 0 aliphatic heterocycles. The maximum atomic E-state index is 11.1. The van der Waals surface area contributed by atoms with Gasteiger partial charge in [0.1, 0.15) is 0 Å². The van der Waals surface area contributed by atoms with Crippen LogP contribution in [0.3, 0.4) is 0 Å². The highest BCUT2D eigenvalue weighted by molar-refractivity contribution is 5.93. The number of amides is 1. The van der Waals surface area contributed by atoms with Crippen LogP contribution in [0.1, 0.15) is 41.3 Å². The third kappa shape index (κ3) is 3.47. The van der Waals surface area contributed by atoms with Gasteiger partial charge in [-0.3, -0.25) is 4.79 Å². The van der Waals surface area contributed by atoms with Crippen LogP contribution < -0.4 is 11.1 Å². The van der Waals surface area contributed by atoms with E-state index < -0.39 is 0 Å². The van der Waals surface area contributed by atoms with Gasteiger partial charge in [0.05, 0.1) is 0 Å². The summed E-state index contributed by atoms with van der Waals surface area (Å²) < 4.78 is 0. The van der Waals surface area contributed by atoms with E-state index in [1.807, 2.05) is 18.2 Å². The lowest BCUT2D eigenvalue weighted by Gasteiger charge is -2.25. The minimum Gasteiger partial charge on any atom is -0.366 e. The summed E-state index contributed by atoms with van der Waals surface area (Å²) in [4.78, 5) is 11.1. The van der Waals surface area contributed by atoms with Crippen molar-refractivity contribution in [3.8, 4) is 0 Å². The van der Waals surface area contributed by atoms with E-state index in [1.54, 1.807) is 0 Å². The molecule has 3 nitrogen and oxygen atoms in total. The molecular formula is C14H21ClN2O. The lowest BCUT2D eigenvalue weighted by atomic mass is 9.87. The van der Waals surface area contributed by atoms with E-state index in [0.29, 0.717) is 11.6 Å². The number of hydrogen-bond acceptors (Lipinski definition) is 2. The minimum absolute atomic E-state index is 0. The van der Waals surface area contributed by atoms with Crippen LogP contribution in [0.5, 0.6) is 0 Å². The first-order valence-corrected chi connectivity index (χ1v) is 6.35. The summed E-state index contributed by atoms with van der Waals surface area (Å²) in [5, 5.41) is 3.54. The average Bonchev–Trinajstić information content (AvgIpc) is 2.35. The SMILES string of the molecule is CCCNC1CCc2ccc(C(N)=O)cc2C1.Cl. The van der Waals surface area contributed by atoms with Gasteiger partial charge in [0.25, 0.3) is 0 Å². The second-order valence-corrected chi connectivity index (χ2v) is 4.74. The molecule has 0 fully saturated rings. The van der Waals surface area contributed by atoms with Gasteiger partial charge < -0.3 is 11.1 Å². The number of benzene rings is 1. The van der Waals surface area contributed by atoms with Crippen molar-refractivity contribution in [1.82, 2.24) is 5.32 Å². The van der Waals surface area contributed by atoms with Gasteiger partial charge >= 0.3 is 0 Å². The molecule has 4 heteroatoms. The summed E-state index contributed by atoms with van der Waals surface area (Å²) in [6.45, 7) is 3.24. The summed E-state index contributed by atoms with van der Waals surface area (Å²) in [6, 6.07) is 6.38. The van der Waals surface area contributed by atoms with Gasteiger partial charge in [0.2, 0.25) is 5.91 Å². The third-order valence-corrected chi connectivity index (χ3v) is 3.40. The van der Waals surface area contributed by atoms with Crippen LogP contribution in [0.4, 0.5) is 0 Å². The predicted molar refractivity (Wildman–Crippen MR) is 76.3 cm³/mol. The molecule has 3 N–H and O–H groups in total. The van der Waals surface area contributed by atoms with Crippen LogP contribution in [0.2, 0.25) is 0 Å². The van der Waals surface area contributed by atoms with Crippen LogP contribution in [-0.2, 0) is 12.8 Å². The van der Waals surface area contributed by atoms with Gasteiger partial charge in [0.15, 0.2) is 0 Å². The number of aryl methyl sites for hydroxylation is 1. The molecule has 2 rings (SSSR count). The van der Waals surface area contributed by atoms with E-state index in [-0.39, 0.29) is 18.3 Å². The van der Waals surface area contributed by atoms with Crippen LogP contribution >= 0.6 is 12.4 Å². The number of carbonyl (C=O) groups excluding carboxylic acids is 1. The molecule has 0 radical (unpaired) electrons. The standard InChI is InChI=1S/C14H20N2O.ClH/c1-2-7-16-13-6-5-10-3-4-11(14(15)17)8-12(10)9-13;/h3-4,8,13,16H,2,5-7,9H2,1H3,(H2,15,17);1H. The van der Waals surface area contributed by atoms with Crippen LogP contribution in [0, 0.1) is 0 Å². The largest absolute Gasteiger partial charge is 0.366 e. The molecule has 18 heavy (non-hydrogen) atoms. The lowest BCUT2D eigenvalue weighted by Crippen LogP contribution is -2.35. The smallest absolute Gasteiger partial charge is 0.248 e. The zero-order valence-electron chi connectivity index (χ0n) is 10.7. The molecule has 1 aromatic carbocycles. The number of primary amides is 1. The van der Waals surface area contributed by atoms with Crippen molar-refractivity contribution in [3.05, 3.63) is 34.9 Å². The number of fused-ring (bicyclic) bond motifs is 1. The van der Waals surface area contributed by atoms with Crippen molar-refractivity contribution in [2.75, 3.05) is 6.54 Å². The van der Waals surface area contributed by atoms with Crippen LogP contribution in [0.25, 0.3) is 0 Å². The lowest BCUT2D eigenvalue weighted by molar-refractivity contribution is 0.1000. The molecule has 1 aliphatic carbocycles. The molecule has 0 spiro atoms. The van der Waals surface area contributed by atoms with Crippen molar-refractivity contribution in [2.24, 2.45) is 5.73 Å². The second-order valence-electron chi connectivity index (χ2n) is 4.74. The summed E-state index contributed by atoms with van der Waals surface area (Å²) in [5.41, 5.74) is 8.58. The van der Waals surface area contributed by atoms with Gasteiger partial charge in [-0.05, 0) is 55.5 Å². The highest BCUT2D eigenvalue weighted by Crippen LogP contribution is 2.22. The zero-order chi connectivity index (χ0) is 12.3. The molecule has 1 amide bonds. The molecule has 1 aliphatic rings. The minimum atomic E-state index is -0.337. The van der Waals surface area contributed by atoms with Crippen molar-refractivity contribution < 1.29 is 4.79 Å². The molecule has 0 saturated carbocycles. The summed E-state index contributed by atoms with van der Waals surface area (Å²) in [6.07, 6.45) is 4.44. The summed E-state index contributed by atoms with van der Waals surface area (Å²) in [5.74, 6) is -0.337. The Morgan fingerprint density at radius 3 is 2.89 bits per heavy atom. The first-order chi connectivity index (χ1) is 8.20. The summed E-state index contributed by atoms with van der Waals surface area (Å²) >= 11 is 0. The first kappa shape index (κ1) is 15.0. The number of nitrogens with one attached hydrogen (secondary N) is 1. The monoisotopic (exact) mass is 268 g/mol. The van der Waals surface area contributed by atoms with Gasteiger partial charge in [-0.15, -0.1) is 12.4 Å². The molecule has 1 atom stereocenters. The van der Waals surface area contributed by atoms with E-state index in [1.165, 1.54) is 17.5 Å². The topological polar surface area (TPSA) is 55.1 Å². The maximum absolute atomic E-state index is 11.1. The normalized spacial score (nSPS) is 17.7. The molecule has 0 heterocycles. The second kappa shape index (κ2) is 6.76. The van der Waals surface area contributed by atoms with E-state index in [4.69, 9.17) is 5.73 Å². The Labute approximate surface area is 115 Å². The van der Waals surface area contributed by atoms with Gasteiger partial charge in [-0.2, -0.15) is 0 Å². The van der Waals surface area contributed by atoms with Gasteiger partial charge in [0, 0.05) is 11.6 Å². The number of halogens is 1. The molecular weight excluding hydrogens is 248 g/mol. The molecule has 1 aromatic rings.